The van der Waals surface area contributed by atoms with Crippen LogP contribution < -0.4 is 10.6 Å². The van der Waals surface area contributed by atoms with Crippen molar-refractivity contribution in [2.45, 2.75) is 13.0 Å². The van der Waals surface area contributed by atoms with Crippen molar-refractivity contribution in [3.8, 4) is 0 Å². The highest BCUT2D eigenvalue weighted by Gasteiger charge is 2.08. The summed E-state index contributed by atoms with van der Waals surface area (Å²) in [5.74, 6) is 0.749. The minimum absolute atomic E-state index is 0.0148. The first kappa shape index (κ1) is 20.3. The van der Waals surface area contributed by atoms with Crippen LogP contribution in [0.15, 0.2) is 65.8 Å². The van der Waals surface area contributed by atoms with Crippen LogP contribution in [-0.4, -0.2) is 49.4 Å². The highest BCUT2D eigenvalue weighted by molar-refractivity contribution is 5.94. The first-order valence-corrected chi connectivity index (χ1v) is 9.66. The van der Waals surface area contributed by atoms with Crippen molar-refractivity contribution >= 4 is 22.8 Å². The van der Waals surface area contributed by atoms with Gasteiger partial charge in [0.2, 0.25) is 0 Å². The number of hydrogen-bond acceptors (Lipinski definition) is 3. The second-order valence-corrected chi connectivity index (χ2v) is 6.99. The second-order valence-electron chi connectivity index (χ2n) is 6.99. The number of rotatable bonds is 6. The minimum Gasteiger partial charge on any atom is -0.356 e. The van der Waals surface area contributed by atoms with Gasteiger partial charge in [-0.1, -0.05) is 36.4 Å². The molecular formula is C23H27N5O. The first-order chi connectivity index (χ1) is 14.1. The number of nitrogens with one attached hydrogen (secondary N) is 2. The summed E-state index contributed by atoms with van der Waals surface area (Å²) in [6.07, 6.45) is 2.61. The van der Waals surface area contributed by atoms with E-state index in [0.29, 0.717) is 18.7 Å². The Balaban J connectivity index is 1.55. The third-order valence-electron chi connectivity index (χ3n) is 4.67. The molecule has 0 aliphatic rings. The Morgan fingerprint density at radius 3 is 2.66 bits per heavy atom. The Morgan fingerprint density at radius 2 is 1.86 bits per heavy atom. The molecule has 2 N–H and O–H groups in total. The summed E-state index contributed by atoms with van der Waals surface area (Å²) in [7, 11) is 5.28. The van der Waals surface area contributed by atoms with Crippen LogP contribution in [0.2, 0.25) is 0 Å². The fourth-order valence-electron chi connectivity index (χ4n) is 3.15. The molecule has 6 heteroatoms. The smallest absolute Gasteiger partial charge is 0.253 e. The maximum absolute atomic E-state index is 12.1. The van der Waals surface area contributed by atoms with E-state index in [1.807, 2.05) is 42.6 Å². The maximum atomic E-state index is 12.1. The fraction of sp³-hybridized carbons (Fsp3) is 0.261. The third kappa shape index (κ3) is 5.31. The van der Waals surface area contributed by atoms with Crippen molar-refractivity contribution < 1.29 is 4.79 Å². The van der Waals surface area contributed by atoms with E-state index in [4.69, 9.17) is 0 Å². The van der Waals surface area contributed by atoms with Gasteiger partial charge in [-0.25, -0.2) is 0 Å². The predicted molar refractivity (Wildman–Crippen MR) is 118 cm³/mol. The van der Waals surface area contributed by atoms with Crippen molar-refractivity contribution in [2.75, 3.05) is 27.7 Å². The van der Waals surface area contributed by atoms with E-state index < -0.39 is 0 Å². The Bertz CT molecular complexity index is 1010. The van der Waals surface area contributed by atoms with Crippen LogP contribution in [0.5, 0.6) is 0 Å². The summed E-state index contributed by atoms with van der Waals surface area (Å²) in [4.78, 5) is 22.5. The first-order valence-electron chi connectivity index (χ1n) is 9.66. The zero-order chi connectivity index (χ0) is 20.6. The molecule has 0 aliphatic heterocycles. The molecule has 1 aromatic heterocycles. The minimum atomic E-state index is 0.0148. The number of hydrogen-bond donors (Lipinski definition) is 2. The van der Waals surface area contributed by atoms with E-state index in [9.17, 15) is 4.79 Å². The van der Waals surface area contributed by atoms with Crippen molar-refractivity contribution in [3.05, 3.63) is 77.5 Å². The van der Waals surface area contributed by atoms with Gasteiger partial charge in [-0.3, -0.25) is 14.8 Å². The van der Waals surface area contributed by atoms with Gasteiger partial charge in [0.1, 0.15) is 0 Å². The van der Waals surface area contributed by atoms with Crippen LogP contribution in [0.3, 0.4) is 0 Å². The normalized spacial score (nSPS) is 11.3. The third-order valence-corrected chi connectivity index (χ3v) is 4.67. The van der Waals surface area contributed by atoms with Gasteiger partial charge in [0.25, 0.3) is 5.91 Å². The van der Waals surface area contributed by atoms with E-state index in [0.717, 1.165) is 34.4 Å². The maximum Gasteiger partial charge on any atom is 0.253 e. The molecule has 0 unspecified atom stereocenters. The van der Waals surface area contributed by atoms with Gasteiger partial charge in [0, 0.05) is 51.4 Å². The summed E-state index contributed by atoms with van der Waals surface area (Å²) < 4.78 is 0. The molecule has 3 aromatic rings. The van der Waals surface area contributed by atoms with Crippen LogP contribution in [0.25, 0.3) is 10.9 Å². The molecule has 150 valence electrons. The summed E-state index contributed by atoms with van der Waals surface area (Å²) in [6.45, 7) is 1.36. The Hall–Kier alpha value is -3.41. The molecule has 1 heterocycles. The summed E-state index contributed by atoms with van der Waals surface area (Å²) in [5, 5.41) is 7.80. The molecule has 0 fully saturated rings. The van der Waals surface area contributed by atoms with E-state index >= 15 is 0 Å². The van der Waals surface area contributed by atoms with Crippen molar-refractivity contribution in [1.29, 1.82) is 0 Å². The number of amides is 1. The number of aromatic nitrogens is 1. The second kappa shape index (κ2) is 9.68. The molecule has 0 saturated carbocycles. The Kier molecular flexibility index (Phi) is 6.79. The van der Waals surface area contributed by atoms with Gasteiger partial charge >= 0.3 is 0 Å². The molecule has 0 saturated heterocycles. The average molecular weight is 390 g/mol. The zero-order valence-electron chi connectivity index (χ0n) is 17.1. The molecule has 1 amide bonds. The van der Waals surface area contributed by atoms with Crippen LogP contribution in [0.4, 0.5) is 0 Å². The lowest BCUT2D eigenvalue weighted by Gasteiger charge is -2.14. The monoisotopic (exact) mass is 389 g/mol. The summed E-state index contributed by atoms with van der Waals surface area (Å²) in [5.41, 5.74) is 3.94. The molecule has 6 nitrogen and oxygen atoms in total. The fourth-order valence-corrected chi connectivity index (χ4v) is 3.15. The molecule has 0 aliphatic carbocycles. The number of pyridine rings is 1. The lowest BCUT2D eigenvalue weighted by Crippen LogP contribution is -2.37. The molecule has 3 rings (SSSR count). The Morgan fingerprint density at radius 1 is 1.07 bits per heavy atom. The molecule has 0 radical (unpaired) electrons. The quantitative estimate of drug-likeness (QED) is 0.502. The summed E-state index contributed by atoms with van der Waals surface area (Å²) in [6, 6.07) is 17.9. The van der Waals surface area contributed by atoms with Gasteiger partial charge in [0.15, 0.2) is 5.96 Å². The lowest BCUT2D eigenvalue weighted by atomic mass is 10.1. The van der Waals surface area contributed by atoms with Crippen LogP contribution in [0.1, 0.15) is 21.5 Å². The molecular weight excluding hydrogens is 362 g/mol. The van der Waals surface area contributed by atoms with E-state index in [1.165, 1.54) is 0 Å². The number of nitrogens with zero attached hydrogens (tertiary/aromatic N) is 3. The van der Waals surface area contributed by atoms with Crippen LogP contribution >= 0.6 is 0 Å². The molecule has 29 heavy (non-hydrogen) atoms. The number of aliphatic imine (C=N–C) groups is 1. The standard InChI is InChI=1S/C23H27N5O/c1-24-23(27-16-20-10-5-8-18-11-6-13-25-21(18)20)26-14-12-17-7-4-9-19(15-17)22(29)28(2)3/h4-11,13,15H,12,14,16H2,1-3H3,(H2,24,26,27). The predicted octanol–water partition coefficient (Wildman–Crippen LogP) is 2.84. The van der Waals surface area contributed by atoms with E-state index in [2.05, 4.69) is 38.8 Å². The number of para-hydroxylation sites is 1. The van der Waals surface area contributed by atoms with Gasteiger partial charge < -0.3 is 15.5 Å². The number of carbonyl (C=O) groups is 1. The molecule has 2 aromatic carbocycles. The highest BCUT2D eigenvalue weighted by atomic mass is 16.2. The van der Waals surface area contributed by atoms with E-state index in [-0.39, 0.29) is 5.91 Å². The summed E-state index contributed by atoms with van der Waals surface area (Å²) >= 11 is 0. The van der Waals surface area contributed by atoms with Gasteiger partial charge in [-0.15, -0.1) is 0 Å². The zero-order valence-corrected chi connectivity index (χ0v) is 17.1. The van der Waals surface area contributed by atoms with E-state index in [1.54, 1.807) is 26.0 Å². The van der Waals surface area contributed by atoms with Gasteiger partial charge in [-0.2, -0.15) is 0 Å². The van der Waals surface area contributed by atoms with Gasteiger partial charge in [0.05, 0.1) is 5.52 Å². The number of fused-ring (bicyclic) bond motifs is 1. The topological polar surface area (TPSA) is 69.6 Å². The number of benzene rings is 2. The van der Waals surface area contributed by atoms with Crippen molar-refractivity contribution in [2.24, 2.45) is 4.99 Å². The van der Waals surface area contributed by atoms with Crippen LogP contribution in [-0.2, 0) is 13.0 Å². The Labute approximate surface area is 171 Å². The molecule has 0 spiro atoms. The highest BCUT2D eigenvalue weighted by Crippen LogP contribution is 2.15. The largest absolute Gasteiger partial charge is 0.356 e. The average Bonchev–Trinajstić information content (AvgIpc) is 2.75. The number of carbonyl (C=O) groups excluding carboxylic acids is 1. The van der Waals surface area contributed by atoms with Crippen LogP contribution in [0, 0.1) is 0 Å². The lowest BCUT2D eigenvalue weighted by molar-refractivity contribution is 0.0827. The van der Waals surface area contributed by atoms with Crippen molar-refractivity contribution in [3.63, 3.8) is 0 Å². The molecule has 0 atom stereocenters. The number of guanidine groups is 1. The molecule has 0 bridgehead atoms. The van der Waals surface area contributed by atoms with Gasteiger partial charge in [-0.05, 0) is 35.7 Å². The SMILES string of the molecule is CN=C(NCCc1cccc(C(=O)N(C)C)c1)NCc1cccc2cccnc12. The van der Waals surface area contributed by atoms with Crippen molar-refractivity contribution in [1.82, 2.24) is 20.5 Å².